The summed E-state index contributed by atoms with van der Waals surface area (Å²) in [6.07, 6.45) is 1.31. The SMILES string of the molecule is Cn1cnc([N+](=O)[O-])c1Sc1c(Cl)c(Cl)c(Cl)c(Cl)c1Cl. The number of hydrogen-bond donors (Lipinski definition) is 0. The van der Waals surface area contributed by atoms with Crippen LogP contribution in [0, 0.1) is 10.1 Å². The van der Waals surface area contributed by atoms with Crippen molar-refractivity contribution in [2.24, 2.45) is 7.05 Å². The van der Waals surface area contributed by atoms with Gasteiger partial charge in [-0.25, -0.2) is 0 Å². The maximum Gasteiger partial charge on any atom is 0.396 e. The third-order valence-electron chi connectivity index (χ3n) is 2.41. The number of hydrogen-bond acceptors (Lipinski definition) is 4. The molecule has 0 atom stereocenters. The van der Waals surface area contributed by atoms with Gasteiger partial charge in [0.25, 0.3) is 0 Å². The minimum atomic E-state index is -0.608. The summed E-state index contributed by atoms with van der Waals surface area (Å²) in [6, 6.07) is 0. The zero-order chi connectivity index (χ0) is 15.9. The molecule has 0 N–H and O–H groups in total. The van der Waals surface area contributed by atoms with Crippen LogP contribution in [0.2, 0.25) is 25.1 Å². The molecule has 1 heterocycles. The van der Waals surface area contributed by atoms with Gasteiger partial charge in [0.05, 0.1) is 30.0 Å². The molecule has 21 heavy (non-hydrogen) atoms. The van der Waals surface area contributed by atoms with E-state index in [0.29, 0.717) is 0 Å². The molecule has 2 rings (SSSR count). The minimum absolute atomic E-state index is 0.0252. The van der Waals surface area contributed by atoms with Crippen molar-refractivity contribution in [3.05, 3.63) is 41.6 Å². The standard InChI is InChI=1S/C10H4Cl5N3O2S/c1-17-2-16-9(18(19)20)10(17)21-8-6(14)4(12)3(11)5(13)7(8)15/h2H,1H3. The second kappa shape index (κ2) is 6.40. The van der Waals surface area contributed by atoms with Crippen molar-refractivity contribution in [1.82, 2.24) is 9.55 Å². The first kappa shape index (κ1) is 17.0. The summed E-state index contributed by atoms with van der Waals surface area (Å²) in [6.45, 7) is 0. The highest BCUT2D eigenvalue weighted by atomic mass is 35.5. The number of benzene rings is 1. The van der Waals surface area contributed by atoms with Crippen LogP contribution in [-0.2, 0) is 7.05 Å². The molecule has 0 radical (unpaired) electrons. The fraction of sp³-hybridized carbons (Fsp3) is 0.100. The predicted octanol–water partition coefficient (Wildman–Crippen LogP) is 5.75. The lowest BCUT2D eigenvalue weighted by atomic mass is 10.3. The first-order valence-electron chi connectivity index (χ1n) is 5.10. The van der Waals surface area contributed by atoms with Gasteiger partial charge in [-0.3, -0.25) is 0 Å². The Hall–Kier alpha value is -0.370. The van der Waals surface area contributed by atoms with Gasteiger partial charge in [0.2, 0.25) is 6.33 Å². The van der Waals surface area contributed by atoms with Crippen molar-refractivity contribution in [3.8, 4) is 0 Å². The van der Waals surface area contributed by atoms with Gasteiger partial charge in [-0.1, -0.05) is 69.8 Å². The second-order valence-electron chi connectivity index (χ2n) is 3.74. The number of aromatic nitrogens is 2. The fourth-order valence-corrected chi connectivity index (χ4v) is 3.89. The monoisotopic (exact) mass is 405 g/mol. The maximum atomic E-state index is 11.0. The zero-order valence-corrected chi connectivity index (χ0v) is 14.6. The molecule has 1 aromatic carbocycles. The van der Waals surface area contributed by atoms with Crippen molar-refractivity contribution in [2.45, 2.75) is 9.92 Å². The van der Waals surface area contributed by atoms with E-state index in [1.807, 2.05) is 0 Å². The van der Waals surface area contributed by atoms with Crippen molar-refractivity contribution in [3.63, 3.8) is 0 Å². The van der Waals surface area contributed by atoms with Crippen LogP contribution in [0.1, 0.15) is 0 Å². The Morgan fingerprint density at radius 2 is 1.57 bits per heavy atom. The molecule has 0 bridgehead atoms. The summed E-state index contributed by atoms with van der Waals surface area (Å²) >= 11 is 30.9. The third kappa shape index (κ3) is 3.06. The predicted molar refractivity (Wildman–Crippen MR) is 85.5 cm³/mol. The van der Waals surface area contributed by atoms with E-state index in [-0.39, 0.29) is 40.9 Å². The number of halogens is 5. The van der Waals surface area contributed by atoms with Crippen LogP contribution in [0.3, 0.4) is 0 Å². The van der Waals surface area contributed by atoms with E-state index in [0.717, 1.165) is 11.8 Å². The molecule has 2 aromatic rings. The lowest BCUT2D eigenvalue weighted by molar-refractivity contribution is -0.392. The number of nitrogens with zero attached hydrogens (tertiary/aromatic N) is 3. The van der Waals surface area contributed by atoms with Crippen LogP contribution in [0.25, 0.3) is 0 Å². The van der Waals surface area contributed by atoms with Gasteiger partial charge < -0.3 is 14.7 Å². The molecule has 5 nitrogen and oxygen atoms in total. The van der Waals surface area contributed by atoms with Crippen molar-refractivity contribution < 1.29 is 4.92 Å². The van der Waals surface area contributed by atoms with E-state index >= 15 is 0 Å². The molecule has 0 aliphatic carbocycles. The molecule has 0 aliphatic rings. The van der Waals surface area contributed by atoms with Gasteiger partial charge in [-0.15, -0.1) is 0 Å². The van der Waals surface area contributed by atoms with E-state index in [9.17, 15) is 10.1 Å². The normalized spacial score (nSPS) is 11.0. The summed E-state index contributed by atoms with van der Waals surface area (Å²) in [5, 5.41) is 11.4. The second-order valence-corrected chi connectivity index (χ2v) is 6.63. The highest BCUT2D eigenvalue weighted by molar-refractivity contribution is 7.99. The van der Waals surface area contributed by atoms with Crippen molar-refractivity contribution in [2.75, 3.05) is 0 Å². The van der Waals surface area contributed by atoms with Crippen LogP contribution in [0.15, 0.2) is 16.2 Å². The molecule has 1 aromatic heterocycles. The summed E-state index contributed by atoms with van der Waals surface area (Å²) in [5.41, 5.74) is 0. The van der Waals surface area contributed by atoms with E-state index in [1.54, 1.807) is 7.05 Å². The Morgan fingerprint density at radius 1 is 1.10 bits per heavy atom. The van der Waals surface area contributed by atoms with Gasteiger partial charge in [-0.05, 0) is 9.91 Å². The number of aryl methyl sites for hydroxylation is 1. The summed E-state index contributed by atoms with van der Waals surface area (Å²) in [4.78, 5) is 14.3. The molecule has 0 saturated heterocycles. The van der Waals surface area contributed by atoms with Crippen molar-refractivity contribution in [1.29, 1.82) is 0 Å². The van der Waals surface area contributed by atoms with Crippen LogP contribution < -0.4 is 0 Å². The van der Waals surface area contributed by atoms with Gasteiger partial charge in [0.15, 0.2) is 5.03 Å². The van der Waals surface area contributed by atoms with Crippen LogP contribution in [-0.4, -0.2) is 14.5 Å². The van der Waals surface area contributed by atoms with Gasteiger partial charge in [0.1, 0.15) is 0 Å². The summed E-state index contributed by atoms with van der Waals surface area (Å²) in [7, 11) is 1.60. The van der Waals surface area contributed by atoms with Gasteiger partial charge in [-0.2, -0.15) is 0 Å². The largest absolute Gasteiger partial charge is 0.396 e. The topological polar surface area (TPSA) is 61.0 Å². The maximum absolute atomic E-state index is 11.0. The molecule has 11 heteroatoms. The molecule has 112 valence electrons. The Balaban J connectivity index is 2.61. The zero-order valence-electron chi connectivity index (χ0n) is 10.0. The van der Waals surface area contributed by atoms with Gasteiger partial charge in [0, 0.05) is 7.05 Å². The van der Waals surface area contributed by atoms with E-state index in [2.05, 4.69) is 4.98 Å². The Morgan fingerprint density at radius 3 is 2.05 bits per heavy atom. The minimum Gasteiger partial charge on any atom is -0.358 e. The molecular weight excluding hydrogens is 403 g/mol. The van der Waals surface area contributed by atoms with Crippen LogP contribution in [0.5, 0.6) is 0 Å². The van der Waals surface area contributed by atoms with E-state index < -0.39 is 4.92 Å². The smallest absolute Gasteiger partial charge is 0.358 e. The molecular formula is C10H4Cl5N3O2S. The molecule has 0 saturated carbocycles. The average Bonchev–Trinajstić information content (AvgIpc) is 2.80. The number of rotatable bonds is 3. The van der Waals surface area contributed by atoms with Crippen molar-refractivity contribution >= 4 is 75.6 Å². The average molecular weight is 407 g/mol. The van der Waals surface area contributed by atoms with Crippen LogP contribution in [0.4, 0.5) is 5.82 Å². The lowest BCUT2D eigenvalue weighted by Gasteiger charge is -2.11. The fourth-order valence-electron chi connectivity index (χ4n) is 1.42. The first-order chi connectivity index (χ1) is 9.75. The Labute approximate surface area is 148 Å². The molecule has 0 spiro atoms. The molecule has 0 amide bonds. The number of nitro groups is 1. The highest BCUT2D eigenvalue weighted by Crippen LogP contribution is 2.50. The Bertz CT molecular complexity index is 720. The summed E-state index contributed by atoms with van der Waals surface area (Å²) in [5.74, 6) is -0.322. The molecule has 0 aliphatic heterocycles. The quantitative estimate of drug-likeness (QED) is 0.281. The van der Waals surface area contributed by atoms with Crippen LogP contribution >= 0.6 is 69.8 Å². The third-order valence-corrected chi connectivity index (χ3v) is 6.18. The van der Waals surface area contributed by atoms with Gasteiger partial charge >= 0.3 is 5.82 Å². The van der Waals surface area contributed by atoms with E-state index in [1.165, 1.54) is 10.9 Å². The Kier molecular flexibility index (Phi) is 5.18. The highest BCUT2D eigenvalue weighted by Gasteiger charge is 2.26. The van der Waals surface area contributed by atoms with E-state index in [4.69, 9.17) is 58.0 Å². The molecule has 0 unspecified atom stereocenters. The summed E-state index contributed by atoms with van der Waals surface area (Å²) < 4.78 is 1.46. The molecule has 0 fully saturated rings. The first-order valence-corrected chi connectivity index (χ1v) is 7.81. The lowest BCUT2D eigenvalue weighted by Crippen LogP contribution is -1.94. The number of imidazole rings is 1.